The van der Waals surface area contributed by atoms with Crippen molar-refractivity contribution in [2.24, 2.45) is 0 Å². The zero-order valence-corrected chi connectivity index (χ0v) is 7.05. The molecule has 1 atom stereocenters. The molecule has 0 aliphatic carbocycles. The molecular weight excluding hydrogens is 168 g/mol. The molecular formula is C10H12O3. The first-order valence-corrected chi connectivity index (χ1v) is 3.74. The number of aliphatic hydroxyl groups is 1. The molecule has 0 amide bonds. The molecule has 0 bridgehead atoms. The van der Waals surface area contributed by atoms with Crippen LogP contribution in [0.1, 0.15) is 25.4 Å². The van der Waals surface area contributed by atoms with Crippen molar-refractivity contribution in [1.82, 2.24) is 0 Å². The number of hydrogen-bond acceptors (Lipinski definition) is 3. The summed E-state index contributed by atoms with van der Waals surface area (Å²) in [5.41, 5.74) is -0.473. The van der Waals surface area contributed by atoms with Crippen LogP contribution in [-0.4, -0.2) is 17.7 Å². The maximum atomic E-state index is 11.3. The lowest BCUT2D eigenvalue weighted by molar-refractivity contribution is -0.153. The molecule has 1 unspecified atom stereocenters. The maximum Gasteiger partial charge on any atom is 0.339 e. The fraction of sp³-hybridized carbons (Fsp3) is 0.300. The third kappa shape index (κ3) is 2.56. The van der Waals surface area contributed by atoms with Gasteiger partial charge in [0.15, 0.2) is 6.10 Å². The number of benzene rings is 1. The van der Waals surface area contributed by atoms with Crippen LogP contribution in [0.15, 0.2) is 30.2 Å². The second kappa shape index (κ2) is 4.62. The smallest absolute Gasteiger partial charge is 0.339 e. The van der Waals surface area contributed by atoms with Gasteiger partial charge in [0.2, 0.25) is 0 Å². The molecule has 0 saturated carbocycles. The van der Waals surface area contributed by atoms with Gasteiger partial charge in [0, 0.05) is 0 Å². The van der Waals surface area contributed by atoms with Crippen LogP contribution in [0.2, 0.25) is 0 Å². The van der Waals surface area contributed by atoms with Crippen molar-refractivity contribution in [3.8, 4) is 0 Å². The van der Waals surface area contributed by atoms with Gasteiger partial charge in [0.05, 0.1) is 13.5 Å². The van der Waals surface area contributed by atoms with Crippen molar-refractivity contribution in [3.05, 3.63) is 35.8 Å². The fourth-order valence-electron chi connectivity index (χ4n) is 0.735. The van der Waals surface area contributed by atoms with E-state index in [0.717, 1.165) is 0 Å². The number of hydrogen-bond donors (Lipinski definition) is 1. The maximum absolute atomic E-state index is 11.3. The zero-order valence-electron chi connectivity index (χ0n) is 12.0. The lowest BCUT2D eigenvalue weighted by atomic mass is 10.1. The van der Waals surface area contributed by atoms with E-state index in [0.29, 0.717) is 0 Å². The van der Waals surface area contributed by atoms with E-state index in [1.54, 1.807) is 0 Å². The third-order valence-electron chi connectivity index (χ3n) is 1.30. The second-order valence-electron chi connectivity index (χ2n) is 2.19. The van der Waals surface area contributed by atoms with E-state index in [1.807, 2.05) is 0 Å². The van der Waals surface area contributed by atoms with Gasteiger partial charge in [-0.05, 0) is 12.5 Å². The molecule has 0 heterocycles. The largest absolute Gasteiger partial charge is 0.464 e. The molecule has 3 nitrogen and oxygen atoms in total. The minimum atomic E-state index is -1.89. The van der Waals surface area contributed by atoms with Crippen molar-refractivity contribution >= 4 is 5.97 Å². The summed E-state index contributed by atoms with van der Waals surface area (Å²) in [7, 11) is 0. The van der Waals surface area contributed by atoms with Crippen LogP contribution in [0.3, 0.4) is 0 Å². The minimum absolute atomic E-state index is 0.0224. The Morgan fingerprint density at radius 2 is 2.23 bits per heavy atom. The summed E-state index contributed by atoms with van der Waals surface area (Å²) in [6.45, 7) is 1.56. The van der Waals surface area contributed by atoms with Crippen LogP contribution in [0.5, 0.6) is 0 Å². The summed E-state index contributed by atoms with van der Waals surface area (Å²) in [5, 5.41) is 9.68. The van der Waals surface area contributed by atoms with Gasteiger partial charge in [-0.2, -0.15) is 0 Å². The third-order valence-corrected chi connectivity index (χ3v) is 1.30. The highest BCUT2D eigenvalue weighted by Crippen LogP contribution is 2.13. The lowest BCUT2D eigenvalue weighted by Crippen LogP contribution is -2.15. The molecule has 1 N–H and O–H groups in total. The Kier molecular flexibility index (Phi) is 1.69. The van der Waals surface area contributed by atoms with Crippen LogP contribution in [0, 0.1) is 0 Å². The highest BCUT2D eigenvalue weighted by Gasteiger charge is 2.17. The standard InChI is InChI=1S/C10H12O3/c1-2-13-10(12)9(11)8-6-4-3-5-7-8/h3-7,9,11H,2H2,1H3/i3D,4D,5D,6D,7D. The second-order valence-corrected chi connectivity index (χ2v) is 2.19. The van der Waals surface area contributed by atoms with E-state index in [2.05, 4.69) is 4.74 Å². The van der Waals surface area contributed by atoms with E-state index in [9.17, 15) is 9.90 Å². The summed E-state index contributed by atoms with van der Waals surface area (Å²) in [5.74, 6) is -1.05. The van der Waals surface area contributed by atoms with Crippen LogP contribution in [0.4, 0.5) is 0 Å². The van der Waals surface area contributed by atoms with Gasteiger partial charge >= 0.3 is 5.97 Å². The van der Waals surface area contributed by atoms with Gasteiger partial charge in [-0.1, -0.05) is 30.2 Å². The van der Waals surface area contributed by atoms with Gasteiger partial charge in [-0.15, -0.1) is 0 Å². The van der Waals surface area contributed by atoms with E-state index in [4.69, 9.17) is 6.85 Å². The molecule has 0 aliphatic rings. The number of ether oxygens (including phenoxy) is 1. The molecule has 70 valence electrons. The molecule has 0 radical (unpaired) electrons. The lowest BCUT2D eigenvalue weighted by Gasteiger charge is -2.08. The number of esters is 1. The quantitative estimate of drug-likeness (QED) is 0.722. The number of rotatable bonds is 3. The van der Waals surface area contributed by atoms with E-state index in [1.165, 1.54) is 6.92 Å². The normalized spacial score (nSPS) is 17.5. The molecule has 1 aromatic rings. The Morgan fingerprint density at radius 3 is 2.77 bits per heavy atom. The Morgan fingerprint density at radius 1 is 1.62 bits per heavy atom. The average Bonchev–Trinajstić information content (AvgIpc) is 2.34. The number of carbonyl (C=O) groups is 1. The zero-order chi connectivity index (χ0) is 14.0. The summed E-state index contributed by atoms with van der Waals surface area (Å²) < 4.78 is 41.8. The first kappa shape index (κ1) is 4.77. The molecule has 0 aromatic heterocycles. The Bertz CT molecular complexity index is 460. The number of aliphatic hydroxyl groups excluding tert-OH is 1. The predicted molar refractivity (Wildman–Crippen MR) is 48.0 cm³/mol. The molecule has 0 saturated heterocycles. The fourth-order valence-corrected chi connectivity index (χ4v) is 0.735. The topological polar surface area (TPSA) is 46.5 Å². The van der Waals surface area contributed by atoms with E-state index >= 15 is 0 Å². The van der Waals surface area contributed by atoms with Crippen LogP contribution >= 0.6 is 0 Å². The van der Waals surface area contributed by atoms with Gasteiger partial charge in [-0.3, -0.25) is 0 Å². The van der Waals surface area contributed by atoms with Crippen molar-refractivity contribution in [2.75, 3.05) is 6.61 Å². The highest BCUT2D eigenvalue weighted by molar-refractivity contribution is 5.76. The molecule has 1 rings (SSSR count). The van der Waals surface area contributed by atoms with Gasteiger partial charge in [-0.25, -0.2) is 4.79 Å². The van der Waals surface area contributed by atoms with Crippen LogP contribution in [0.25, 0.3) is 0 Å². The summed E-state index contributed by atoms with van der Waals surface area (Å²) >= 11 is 0. The molecule has 0 fully saturated rings. The van der Waals surface area contributed by atoms with E-state index < -0.39 is 47.8 Å². The highest BCUT2D eigenvalue weighted by atomic mass is 16.5. The first-order chi connectivity index (χ1) is 8.32. The molecule has 1 aromatic carbocycles. The SMILES string of the molecule is [2H]c1c([2H])c([2H])c(C(O)C(=O)OCC)c([2H])c1[2H]. The van der Waals surface area contributed by atoms with Crippen molar-refractivity contribution in [3.63, 3.8) is 0 Å². The van der Waals surface area contributed by atoms with Crippen LogP contribution in [-0.2, 0) is 9.53 Å². The van der Waals surface area contributed by atoms with Crippen molar-refractivity contribution < 1.29 is 21.5 Å². The van der Waals surface area contributed by atoms with Gasteiger partial charge in [0.25, 0.3) is 0 Å². The average molecular weight is 185 g/mol. The molecule has 0 spiro atoms. The Labute approximate surface area is 84.0 Å². The Balaban J connectivity index is 3.37. The van der Waals surface area contributed by atoms with Crippen LogP contribution < -0.4 is 0 Å². The van der Waals surface area contributed by atoms with E-state index in [-0.39, 0.29) is 6.61 Å². The van der Waals surface area contributed by atoms with Gasteiger partial charge in [0.1, 0.15) is 0 Å². The number of carbonyl (C=O) groups excluding carboxylic acids is 1. The molecule has 0 aliphatic heterocycles. The monoisotopic (exact) mass is 185 g/mol. The Hall–Kier alpha value is -1.35. The summed E-state index contributed by atoms with van der Waals surface area (Å²) in [6.07, 6.45) is -1.89. The summed E-state index contributed by atoms with van der Waals surface area (Å²) in [4.78, 5) is 11.3. The first-order valence-electron chi connectivity index (χ1n) is 6.24. The molecule has 3 heteroatoms. The van der Waals surface area contributed by atoms with Crippen molar-refractivity contribution in [2.45, 2.75) is 13.0 Å². The van der Waals surface area contributed by atoms with Crippen molar-refractivity contribution in [1.29, 1.82) is 0 Å². The summed E-state index contributed by atoms with van der Waals surface area (Å²) in [6, 6.07) is -3.00. The molecule has 13 heavy (non-hydrogen) atoms. The minimum Gasteiger partial charge on any atom is -0.464 e. The predicted octanol–water partition coefficient (Wildman–Crippen LogP) is 1.28. The van der Waals surface area contributed by atoms with Gasteiger partial charge < -0.3 is 9.84 Å².